The summed E-state index contributed by atoms with van der Waals surface area (Å²) in [4.78, 5) is 13.3. The number of nitrogen functional groups attached to an aromatic ring is 1. The van der Waals surface area contributed by atoms with E-state index in [0.717, 1.165) is 36.1 Å². The van der Waals surface area contributed by atoms with Crippen LogP contribution < -0.4 is 10.6 Å². The van der Waals surface area contributed by atoms with Crippen LogP contribution in [0, 0.1) is 0 Å². The topological polar surface area (TPSA) is 58.3 Å². The molecule has 0 amide bonds. The molecule has 0 unspecified atom stereocenters. The number of benzene rings is 1. The van der Waals surface area contributed by atoms with Crippen molar-refractivity contribution in [1.82, 2.24) is 14.9 Å². The average Bonchev–Trinajstić information content (AvgIpc) is 2.74. The van der Waals surface area contributed by atoms with Crippen LogP contribution in [-0.2, 0) is 13.0 Å². The molecule has 30 heavy (non-hydrogen) atoms. The van der Waals surface area contributed by atoms with Crippen LogP contribution in [0.25, 0.3) is 10.8 Å². The van der Waals surface area contributed by atoms with Gasteiger partial charge in [-0.2, -0.15) is 0 Å². The molecule has 154 valence electrons. The van der Waals surface area contributed by atoms with Crippen molar-refractivity contribution >= 4 is 22.4 Å². The van der Waals surface area contributed by atoms with Crippen molar-refractivity contribution in [3.63, 3.8) is 0 Å². The number of hydrogen-bond donors (Lipinski definition) is 1. The van der Waals surface area contributed by atoms with Gasteiger partial charge in [0.2, 0.25) is 0 Å². The molecule has 5 nitrogen and oxygen atoms in total. The molecule has 0 fully saturated rings. The number of fused-ring (bicyclic) bond motifs is 1. The Labute approximate surface area is 178 Å². The van der Waals surface area contributed by atoms with Crippen LogP contribution in [0.3, 0.4) is 0 Å². The zero-order chi connectivity index (χ0) is 21.1. The first-order chi connectivity index (χ1) is 14.5. The fourth-order valence-corrected chi connectivity index (χ4v) is 3.70. The van der Waals surface area contributed by atoms with Gasteiger partial charge < -0.3 is 15.5 Å². The van der Waals surface area contributed by atoms with Gasteiger partial charge in [-0.3, -0.25) is 0 Å². The van der Waals surface area contributed by atoms with Crippen LogP contribution >= 0.6 is 0 Å². The number of nitrogens with two attached hydrogens (primary N) is 1. The van der Waals surface area contributed by atoms with Crippen LogP contribution in [0.2, 0.25) is 0 Å². The van der Waals surface area contributed by atoms with E-state index in [-0.39, 0.29) is 0 Å². The zero-order valence-electron chi connectivity index (χ0n) is 17.9. The average molecular weight is 400 g/mol. The van der Waals surface area contributed by atoms with Crippen LogP contribution in [0.5, 0.6) is 0 Å². The predicted octanol–water partition coefficient (Wildman–Crippen LogP) is 4.56. The van der Waals surface area contributed by atoms with E-state index >= 15 is 0 Å². The quantitative estimate of drug-likeness (QED) is 0.659. The summed E-state index contributed by atoms with van der Waals surface area (Å²) in [6.45, 7) is 6.12. The second-order valence-corrected chi connectivity index (χ2v) is 8.19. The van der Waals surface area contributed by atoms with E-state index in [9.17, 15) is 0 Å². The molecule has 3 heterocycles. The molecule has 0 radical (unpaired) electrons. The Morgan fingerprint density at radius 3 is 2.70 bits per heavy atom. The van der Waals surface area contributed by atoms with Gasteiger partial charge in [-0.05, 0) is 54.1 Å². The lowest BCUT2D eigenvalue weighted by molar-refractivity contribution is 0.401. The number of allylic oxidation sites excluding steroid dienone is 2. The smallest absolute Gasteiger partial charge is 0.131 e. The van der Waals surface area contributed by atoms with Gasteiger partial charge in [0, 0.05) is 56.6 Å². The van der Waals surface area contributed by atoms with Crippen LogP contribution in [0.4, 0.5) is 11.6 Å². The Balaban J connectivity index is 1.45. The Hall–Kier alpha value is -3.34. The maximum absolute atomic E-state index is 5.97. The van der Waals surface area contributed by atoms with Gasteiger partial charge in [-0.25, -0.2) is 9.97 Å². The summed E-state index contributed by atoms with van der Waals surface area (Å²) in [5, 5.41) is 2.14. The van der Waals surface area contributed by atoms with Gasteiger partial charge in [0.25, 0.3) is 0 Å². The minimum Gasteiger partial charge on any atom is -0.383 e. The molecule has 1 aromatic carbocycles. The highest BCUT2D eigenvalue weighted by atomic mass is 15.2. The van der Waals surface area contributed by atoms with E-state index in [1.54, 1.807) is 6.20 Å². The Bertz CT molecular complexity index is 1080. The Morgan fingerprint density at radius 1 is 1.10 bits per heavy atom. The predicted molar refractivity (Wildman–Crippen MR) is 125 cm³/mol. The summed E-state index contributed by atoms with van der Waals surface area (Å²) in [7, 11) is 2.08. The van der Waals surface area contributed by atoms with E-state index in [1.165, 1.54) is 16.7 Å². The second-order valence-electron chi connectivity index (χ2n) is 8.19. The van der Waals surface area contributed by atoms with Crippen LogP contribution in [0.15, 0.2) is 72.7 Å². The molecule has 0 bridgehead atoms. The number of pyridine rings is 2. The van der Waals surface area contributed by atoms with E-state index in [4.69, 9.17) is 5.73 Å². The molecular weight excluding hydrogens is 370 g/mol. The van der Waals surface area contributed by atoms with E-state index in [0.29, 0.717) is 11.9 Å². The van der Waals surface area contributed by atoms with Crippen molar-refractivity contribution in [3.8, 4) is 0 Å². The van der Waals surface area contributed by atoms with Gasteiger partial charge in [-0.1, -0.05) is 30.4 Å². The first kappa shape index (κ1) is 20.0. The van der Waals surface area contributed by atoms with E-state index < -0.39 is 0 Å². The maximum atomic E-state index is 5.97. The van der Waals surface area contributed by atoms with Crippen LogP contribution in [0.1, 0.15) is 25.0 Å². The van der Waals surface area contributed by atoms with Crippen molar-refractivity contribution in [1.29, 1.82) is 0 Å². The number of nitrogens with zero attached hydrogens (tertiary/aromatic N) is 4. The molecule has 5 heteroatoms. The normalized spacial score (nSPS) is 13.7. The molecule has 1 aliphatic rings. The molecule has 0 saturated carbocycles. The highest BCUT2D eigenvalue weighted by Gasteiger charge is 2.10. The summed E-state index contributed by atoms with van der Waals surface area (Å²) in [6, 6.07) is 13.1. The molecule has 2 N–H and O–H groups in total. The number of anilines is 2. The number of aromatic nitrogens is 2. The summed E-state index contributed by atoms with van der Waals surface area (Å²) in [6.07, 6.45) is 11.3. The second kappa shape index (κ2) is 8.57. The summed E-state index contributed by atoms with van der Waals surface area (Å²) >= 11 is 0. The van der Waals surface area contributed by atoms with Gasteiger partial charge >= 0.3 is 0 Å². The molecule has 3 aromatic rings. The SMILES string of the molecule is CC(C)N(C)c1ccc(CC2=CN(Cc3ccc4c(N)nccc4c3)CC=C2)cn1. The Morgan fingerprint density at radius 2 is 1.93 bits per heavy atom. The van der Waals surface area contributed by atoms with Crippen molar-refractivity contribution in [2.75, 3.05) is 24.2 Å². The standard InChI is InChI=1S/C25H29N5/c1-18(2)29(3)24-9-7-19(15-28-24)13-20-5-4-12-30(16-20)17-21-6-8-23-22(14-21)10-11-27-25(23)26/h4-11,14-16,18H,12-13,17H2,1-3H3,(H2,26,27). The van der Waals surface area contributed by atoms with Gasteiger partial charge in [0.15, 0.2) is 0 Å². The summed E-state index contributed by atoms with van der Waals surface area (Å²) in [5.74, 6) is 1.59. The van der Waals surface area contributed by atoms with Crippen molar-refractivity contribution < 1.29 is 0 Å². The minimum absolute atomic E-state index is 0.434. The van der Waals surface area contributed by atoms with Crippen molar-refractivity contribution in [3.05, 3.63) is 83.8 Å². The van der Waals surface area contributed by atoms with Gasteiger partial charge in [0.1, 0.15) is 11.6 Å². The lowest BCUT2D eigenvalue weighted by atomic mass is 10.0. The third-order valence-corrected chi connectivity index (χ3v) is 5.62. The molecule has 0 atom stereocenters. The first-order valence-electron chi connectivity index (χ1n) is 10.4. The molecular formula is C25H29N5. The number of hydrogen-bond acceptors (Lipinski definition) is 5. The molecule has 0 aliphatic carbocycles. The summed E-state index contributed by atoms with van der Waals surface area (Å²) < 4.78 is 0. The van der Waals surface area contributed by atoms with E-state index in [2.05, 4.69) is 89.3 Å². The largest absolute Gasteiger partial charge is 0.383 e. The molecule has 0 saturated heterocycles. The summed E-state index contributed by atoms with van der Waals surface area (Å²) in [5.41, 5.74) is 9.76. The maximum Gasteiger partial charge on any atom is 0.131 e. The fraction of sp³-hybridized carbons (Fsp3) is 0.280. The van der Waals surface area contributed by atoms with Crippen molar-refractivity contribution in [2.45, 2.75) is 32.9 Å². The molecule has 0 spiro atoms. The first-order valence-corrected chi connectivity index (χ1v) is 10.4. The molecule has 2 aromatic heterocycles. The zero-order valence-corrected chi connectivity index (χ0v) is 17.9. The van der Waals surface area contributed by atoms with E-state index in [1.807, 2.05) is 12.3 Å². The monoisotopic (exact) mass is 399 g/mol. The Kier molecular flexibility index (Phi) is 5.70. The lowest BCUT2D eigenvalue weighted by Gasteiger charge is -2.24. The van der Waals surface area contributed by atoms with Gasteiger partial charge in [0.05, 0.1) is 0 Å². The third kappa shape index (κ3) is 4.46. The fourth-order valence-electron chi connectivity index (χ4n) is 3.70. The highest BCUT2D eigenvalue weighted by molar-refractivity contribution is 5.91. The van der Waals surface area contributed by atoms with Crippen molar-refractivity contribution in [2.24, 2.45) is 0 Å². The molecule has 4 rings (SSSR count). The minimum atomic E-state index is 0.434. The van der Waals surface area contributed by atoms with Gasteiger partial charge in [-0.15, -0.1) is 0 Å². The highest BCUT2D eigenvalue weighted by Crippen LogP contribution is 2.22. The third-order valence-electron chi connectivity index (χ3n) is 5.62. The molecule has 1 aliphatic heterocycles. The lowest BCUT2D eigenvalue weighted by Crippen LogP contribution is -2.26. The number of rotatable bonds is 6. The van der Waals surface area contributed by atoms with Crippen LogP contribution in [-0.4, -0.2) is 34.5 Å².